The summed E-state index contributed by atoms with van der Waals surface area (Å²) in [5, 5.41) is 3.49. The Labute approximate surface area is 164 Å². The summed E-state index contributed by atoms with van der Waals surface area (Å²) in [7, 11) is 0. The predicted octanol–water partition coefficient (Wildman–Crippen LogP) is 5.69. The van der Waals surface area contributed by atoms with E-state index >= 15 is 0 Å². The van der Waals surface area contributed by atoms with Crippen LogP contribution in [0.3, 0.4) is 0 Å². The summed E-state index contributed by atoms with van der Waals surface area (Å²) in [6, 6.07) is 9.30. The molecular formula is C19H15Cl2F3N2O. The van der Waals surface area contributed by atoms with Gasteiger partial charge >= 0.3 is 6.18 Å². The van der Waals surface area contributed by atoms with Crippen molar-refractivity contribution < 1.29 is 18.0 Å². The summed E-state index contributed by atoms with van der Waals surface area (Å²) >= 11 is 11.8. The van der Waals surface area contributed by atoms with Gasteiger partial charge in [-0.3, -0.25) is 10.3 Å². The molecule has 0 radical (unpaired) electrons. The van der Waals surface area contributed by atoms with E-state index in [1.165, 1.54) is 18.2 Å². The molecule has 2 aromatic rings. The third-order valence-electron chi connectivity index (χ3n) is 4.74. The number of alkyl halides is 3. The minimum absolute atomic E-state index is 0.103. The second-order valence-electron chi connectivity index (χ2n) is 6.56. The molecule has 0 saturated heterocycles. The monoisotopic (exact) mass is 414 g/mol. The summed E-state index contributed by atoms with van der Waals surface area (Å²) in [5.74, 6) is 0. The van der Waals surface area contributed by atoms with Gasteiger partial charge in [0.1, 0.15) is 0 Å². The van der Waals surface area contributed by atoms with Gasteiger partial charge in [0.15, 0.2) is 0 Å². The zero-order valence-electron chi connectivity index (χ0n) is 14.0. The van der Waals surface area contributed by atoms with Crippen LogP contribution in [0.2, 0.25) is 10.0 Å². The van der Waals surface area contributed by atoms with Crippen molar-refractivity contribution >= 4 is 34.6 Å². The standard InChI is InChI=1S/C19H15Cl2F3N2O/c20-14-7-13(8-15(21)9-14)18(19(22,23)24)10-17(26-27-18)12-3-4-16-11(6-12)2-1-5-25-16/h3-4,6-10,25-26H,1-2,5H2. The largest absolute Gasteiger partial charge is 0.428 e. The number of benzene rings is 2. The van der Waals surface area contributed by atoms with Crippen LogP contribution < -0.4 is 10.8 Å². The summed E-state index contributed by atoms with van der Waals surface area (Å²) in [6.07, 6.45) is -1.83. The molecule has 2 heterocycles. The number of anilines is 1. The van der Waals surface area contributed by atoms with Crippen molar-refractivity contribution in [1.82, 2.24) is 5.48 Å². The molecule has 0 spiro atoms. The van der Waals surface area contributed by atoms with E-state index in [1.54, 1.807) is 6.07 Å². The number of halogens is 5. The maximum absolute atomic E-state index is 14.0. The maximum Gasteiger partial charge on any atom is 0.428 e. The van der Waals surface area contributed by atoms with Gasteiger partial charge in [-0.1, -0.05) is 29.3 Å². The van der Waals surface area contributed by atoms with Gasteiger partial charge in [-0.2, -0.15) is 13.2 Å². The number of hydrogen-bond donors (Lipinski definition) is 2. The molecule has 1 unspecified atom stereocenters. The minimum Gasteiger partial charge on any atom is -0.385 e. The highest BCUT2D eigenvalue weighted by molar-refractivity contribution is 6.34. The van der Waals surface area contributed by atoms with Crippen molar-refractivity contribution in [2.75, 3.05) is 11.9 Å². The van der Waals surface area contributed by atoms with Gasteiger partial charge in [0.05, 0.1) is 5.70 Å². The molecule has 0 aliphatic carbocycles. The summed E-state index contributed by atoms with van der Waals surface area (Å²) in [6.45, 7) is 0.892. The minimum atomic E-state index is -4.72. The first-order valence-corrected chi connectivity index (χ1v) is 9.11. The fraction of sp³-hybridized carbons (Fsp3) is 0.263. The lowest BCUT2D eigenvalue weighted by atomic mass is 9.91. The Balaban J connectivity index is 1.80. The Morgan fingerprint density at radius 1 is 1.04 bits per heavy atom. The second-order valence-corrected chi connectivity index (χ2v) is 7.43. The number of hydroxylamine groups is 1. The van der Waals surface area contributed by atoms with E-state index in [1.807, 2.05) is 12.1 Å². The molecule has 2 N–H and O–H groups in total. The molecule has 8 heteroatoms. The van der Waals surface area contributed by atoms with Crippen molar-refractivity contribution in [3.05, 3.63) is 69.2 Å². The zero-order valence-corrected chi connectivity index (χ0v) is 15.5. The highest BCUT2D eigenvalue weighted by Crippen LogP contribution is 2.48. The molecular weight excluding hydrogens is 400 g/mol. The van der Waals surface area contributed by atoms with E-state index in [9.17, 15) is 13.2 Å². The van der Waals surface area contributed by atoms with Crippen LogP contribution in [0.25, 0.3) is 5.70 Å². The summed E-state index contributed by atoms with van der Waals surface area (Å²) in [5.41, 5.74) is 2.53. The third kappa shape index (κ3) is 3.26. The van der Waals surface area contributed by atoms with Crippen molar-refractivity contribution in [3.8, 4) is 0 Å². The maximum atomic E-state index is 14.0. The molecule has 0 aromatic heterocycles. The molecule has 0 bridgehead atoms. The molecule has 2 aliphatic rings. The van der Waals surface area contributed by atoms with Crippen LogP contribution in [0.5, 0.6) is 0 Å². The molecule has 27 heavy (non-hydrogen) atoms. The Bertz CT molecular complexity index is 909. The van der Waals surface area contributed by atoms with Crippen molar-refractivity contribution in [1.29, 1.82) is 0 Å². The average molecular weight is 415 g/mol. The average Bonchev–Trinajstić information content (AvgIpc) is 3.07. The first-order chi connectivity index (χ1) is 12.8. The predicted molar refractivity (Wildman–Crippen MR) is 99.6 cm³/mol. The Kier molecular flexibility index (Phi) is 4.53. The lowest BCUT2D eigenvalue weighted by Gasteiger charge is -2.28. The van der Waals surface area contributed by atoms with Crippen LogP contribution in [-0.4, -0.2) is 12.7 Å². The Hall–Kier alpha value is -1.89. The first kappa shape index (κ1) is 18.5. The molecule has 4 rings (SSSR count). The molecule has 1 atom stereocenters. The molecule has 142 valence electrons. The smallest absolute Gasteiger partial charge is 0.385 e. The highest BCUT2D eigenvalue weighted by atomic mass is 35.5. The normalized spacial score (nSPS) is 21.9. The van der Waals surface area contributed by atoms with Crippen molar-refractivity contribution in [2.45, 2.75) is 24.6 Å². The highest BCUT2D eigenvalue weighted by Gasteiger charge is 2.59. The zero-order chi connectivity index (χ0) is 19.2. The fourth-order valence-electron chi connectivity index (χ4n) is 3.40. The van der Waals surface area contributed by atoms with Crippen molar-refractivity contribution in [2.24, 2.45) is 0 Å². The quantitative estimate of drug-likeness (QED) is 0.662. The molecule has 2 aromatic carbocycles. The van der Waals surface area contributed by atoms with E-state index in [0.29, 0.717) is 5.56 Å². The van der Waals surface area contributed by atoms with E-state index in [2.05, 4.69) is 10.8 Å². The van der Waals surface area contributed by atoms with Crippen LogP contribution >= 0.6 is 23.2 Å². The summed E-state index contributed by atoms with van der Waals surface area (Å²) in [4.78, 5) is 5.11. The summed E-state index contributed by atoms with van der Waals surface area (Å²) < 4.78 is 42.1. The van der Waals surface area contributed by atoms with E-state index in [-0.39, 0.29) is 21.3 Å². The Morgan fingerprint density at radius 3 is 2.48 bits per heavy atom. The number of aryl methyl sites for hydroxylation is 1. The van der Waals surface area contributed by atoms with Crippen LogP contribution in [0.1, 0.15) is 23.1 Å². The van der Waals surface area contributed by atoms with Crippen LogP contribution in [0.4, 0.5) is 18.9 Å². The molecule has 3 nitrogen and oxygen atoms in total. The Morgan fingerprint density at radius 2 is 1.78 bits per heavy atom. The van der Waals surface area contributed by atoms with E-state index < -0.39 is 11.8 Å². The number of hydrogen-bond acceptors (Lipinski definition) is 3. The van der Waals surface area contributed by atoms with Gasteiger partial charge in [-0.05, 0) is 54.8 Å². The fourth-order valence-corrected chi connectivity index (χ4v) is 3.92. The van der Waals surface area contributed by atoms with Crippen LogP contribution in [0.15, 0.2) is 42.5 Å². The molecule has 0 fully saturated rings. The van der Waals surface area contributed by atoms with Crippen LogP contribution in [0, 0.1) is 0 Å². The number of rotatable bonds is 2. The van der Waals surface area contributed by atoms with Gasteiger partial charge in [-0.15, -0.1) is 0 Å². The number of nitrogens with one attached hydrogen (secondary N) is 2. The van der Waals surface area contributed by atoms with Crippen molar-refractivity contribution in [3.63, 3.8) is 0 Å². The second kappa shape index (κ2) is 6.62. The SMILES string of the molecule is FC(F)(F)C1(c2cc(Cl)cc(Cl)c2)C=C(c2ccc3c(c2)CCCN3)NO1. The molecule has 0 amide bonds. The lowest BCUT2D eigenvalue weighted by molar-refractivity contribution is -0.269. The lowest BCUT2D eigenvalue weighted by Crippen LogP contribution is -2.42. The number of fused-ring (bicyclic) bond motifs is 1. The van der Waals surface area contributed by atoms with Gasteiger partial charge in [0.25, 0.3) is 0 Å². The topological polar surface area (TPSA) is 33.3 Å². The van der Waals surface area contributed by atoms with E-state index in [4.69, 9.17) is 28.0 Å². The van der Waals surface area contributed by atoms with Gasteiger partial charge in [0.2, 0.25) is 5.60 Å². The molecule has 2 aliphatic heterocycles. The van der Waals surface area contributed by atoms with Gasteiger partial charge in [0, 0.05) is 33.4 Å². The van der Waals surface area contributed by atoms with Crippen LogP contribution in [-0.2, 0) is 16.9 Å². The van der Waals surface area contributed by atoms with Gasteiger partial charge in [-0.25, -0.2) is 0 Å². The van der Waals surface area contributed by atoms with Gasteiger partial charge < -0.3 is 5.32 Å². The molecule has 0 saturated carbocycles. The van der Waals surface area contributed by atoms with E-state index in [0.717, 1.165) is 36.7 Å². The first-order valence-electron chi connectivity index (χ1n) is 8.36. The third-order valence-corrected chi connectivity index (χ3v) is 5.17.